The zero-order chi connectivity index (χ0) is 15.6. The molecule has 0 spiro atoms. The molecule has 5 heteroatoms. The zero-order valence-electron chi connectivity index (χ0n) is 13.5. The minimum absolute atomic E-state index is 0.212. The number of hydrogen-bond donors (Lipinski definition) is 0. The summed E-state index contributed by atoms with van der Waals surface area (Å²) in [7, 11) is 0. The standard InChI is InChI=1S/C18H24N2O3/c21-18-20(9-11-23-18)17-6-3-4-14-12-19(8-7-16(14)17)13-15-5-1-2-10-22-15/h3-4,6,15H,1-2,5,7-13H2. The minimum atomic E-state index is -0.212. The molecule has 0 radical (unpaired) electrons. The Kier molecular flexibility index (Phi) is 4.23. The maximum atomic E-state index is 11.9. The molecule has 1 aromatic carbocycles. The number of fused-ring (bicyclic) bond motifs is 1. The fourth-order valence-electron chi connectivity index (χ4n) is 3.91. The van der Waals surface area contributed by atoms with E-state index < -0.39 is 0 Å². The number of rotatable bonds is 3. The summed E-state index contributed by atoms with van der Waals surface area (Å²) < 4.78 is 11.0. The van der Waals surface area contributed by atoms with Crippen molar-refractivity contribution in [3.05, 3.63) is 29.3 Å². The van der Waals surface area contributed by atoms with E-state index >= 15 is 0 Å². The normalized spacial score (nSPS) is 25.3. The van der Waals surface area contributed by atoms with E-state index in [4.69, 9.17) is 9.47 Å². The minimum Gasteiger partial charge on any atom is -0.447 e. The Morgan fingerprint density at radius 3 is 2.91 bits per heavy atom. The van der Waals surface area contributed by atoms with E-state index in [-0.39, 0.29) is 6.09 Å². The molecule has 1 atom stereocenters. The second-order valence-electron chi connectivity index (χ2n) is 6.65. The quantitative estimate of drug-likeness (QED) is 0.859. The van der Waals surface area contributed by atoms with Gasteiger partial charge in [-0.05, 0) is 42.9 Å². The van der Waals surface area contributed by atoms with Crippen LogP contribution in [0.2, 0.25) is 0 Å². The SMILES string of the molecule is O=C1OCCN1c1cccc2c1CCN(CC1CCCCO1)C2. The monoisotopic (exact) mass is 316 g/mol. The summed E-state index contributed by atoms with van der Waals surface area (Å²) in [5, 5.41) is 0. The summed E-state index contributed by atoms with van der Waals surface area (Å²) in [5.41, 5.74) is 3.69. The Morgan fingerprint density at radius 2 is 2.13 bits per heavy atom. The Hall–Kier alpha value is -1.59. The van der Waals surface area contributed by atoms with Gasteiger partial charge in [0.15, 0.2) is 0 Å². The first-order chi connectivity index (χ1) is 11.3. The van der Waals surface area contributed by atoms with Crippen molar-refractivity contribution in [2.24, 2.45) is 0 Å². The third-order valence-electron chi connectivity index (χ3n) is 5.11. The largest absolute Gasteiger partial charge is 0.447 e. The van der Waals surface area contributed by atoms with Gasteiger partial charge in [-0.2, -0.15) is 0 Å². The highest BCUT2D eigenvalue weighted by atomic mass is 16.6. The van der Waals surface area contributed by atoms with Gasteiger partial charge in [0.05, 0.1) is 18.3 Å². The highest BCUT2D eigenvalue weighted by molar-refractivity contribution is 5.90. The van der Waals surface area contributed by atoms with Crippen LogP contribution in [0.1, 0.15) is 30.4 Å². The van der Waals surface area contributed by atoms with Crippen LogP contribution in [0.15, 0.2) is 18.2 Å². The van der Waals surface area contributed by atoms with E-state index in [9.17, 15) is 4.79 Å². The van der Waals surface area contributed by atoms with Gasteiger partial charge in [-0.1, -0.05) is 12.1 Å². The molecule has 1 aromatic rings. The Balaban J connectivity index is 1.48. The summed E-state index contributed by atoms with van der Waals surface area (Å²) in [6.07, 6.45) is 4.84. The smallest absolute Gasteiger partial charge is 0.414 e. The molecular formula is C18H24N2O3. The number of carbonyl (C=O) groups is 1. The molecule has 0 bridgehead atoms. The van der Waals surface area contributed by atoms with Crippen molar-refractivity contribution in [2.45, 2.75) is 38.3 Å². The van der Waals surface area contributed by atoms with Crippen molar-refractivity contribution in [1.82, 2.24) is 4.90 Å². The molecule has 3 aliphatic rings. The summed E-state index contributed by atoms with van der Waals surface area (Å²) in [4.78, 5) is 16.1. The number of ether oxygens (including phenoxy) is 2. The summed E-state index contributed by atoms with van der Waals surface area (Å²) in [5.74, 6) is 0. The first-order valence-electron chi connectivity index (χ1n) is 8.70. The molecule has 4 rings (SSSR count). The average Bonchev–Trinajstić information content (AvgIpc) is 3.01. The van der Waals surface area contributed by atoms with Gasteiger partial charge in [0.25, 0.3) is 0 Å². The van der Waals surface area contributed by atoms with Crippen molar-refractivity contribution < 1.29 is 14.3 Å². The van der Waals surface area contributed by atoms with Crippen LogP contribution >= 0.6 is 0 Å². The van der Waals surface area contributed by atoms with Crippen molar-refractivity contribution in [1.29, 1.82) is 0 Å². The molecule has 0 N–H and O–H groups in total. The van der Waals surface area contributed by atoms with E-state index in [1.807, 2.05) is 6.07 Å². The van der Waals surface area contributed by atoms with Crippen LogP contribution < -0.4 is 4.90 Å². The number of benzene rings is 1. The maximum Gasteiger partial charge on any atom is 0.414 e. The van der Waals surface area contributed by atoms with E-state index in [1.165, 1.54) is 30.4 Å². The lowest BCUT2D eigenvalue weighted by Crippen LogP contribution is -2.39. The topological polar surface area (TPSA) is 42.0 Å². The fraction of sp³-hybridized carbons (Fsp3) is 0.611. The molecule has 3 heterocycles. The van der Waals surface area contributed by atoms with Crippen LogP contribution in [0.3, 0.4) is 0 Å². The Bertz CT molecular complexity index is 584. The summed E-state index contributed by atoms with van der Waals surface area (Å²) in [6.45, 7) is 5.08. The van der Waals surface area contributed by atoms with Crippen molar-refractivity contribution >= 4 is 11.8 Å². The molecule has 2 fully saturated rings. The fourth-order valence-corrected chi connectivity index (χ4v) is 3.91. The molecule has 0 aromatic heterocycles. The number of nitrogens with zero attached hydrogens (tertiary/aromatic N) is 2. The molecule has 23 heavy (non-hydrogen) atoms. The lowest BCUT2D eigenvalue weighted by atomic mass is 9.96. The van der Waals surface area contributed by atoms with Crippen molar-refractivity contribution in [3.63, 3.8) is 0 Å². The Morgan fingerprint density at radius 1 is 1.17 bits per heavy atom. The van der Waals surface area contributed by atoms with Crippen LogP contribution in [0.4, 0.5) is 10.5 Å². The maximum absolute atomic E-state index is 11.9. The van der Waals surface area contributed by atoms with Gasteiger partial charge in [0.1, 0.15) is 6.61 Å². The number of anilines is 1. The molecule has 2 saturated heterocycles. The predicted octanol–water partition coefficient (Wildman–Crippen LogP) is 2.57. The van der Waals surface area contributed by atoms with Gasteiger partial charge >= 0.3 is 6.09 Å². The number of hydrogen-bond acceptors (Lipinski definition) is 4. The Labute approximate surface area is 137 Å². The van der Waals surface area contributed by atoms with Crippen LogP contribution in [0.5, 0.6) is 0 Å². The van der Waals surface area contributed by atoms with Gasteiger partial charge in [0, 0.05) is 26.2 Å². The molecule has 5 nitrogen and oxygen atoms in total. The lowest BCUT2D eigenvalue weighted by molar-refractivity contribution is -0.00799. The number of carbonyl (C=O) groups excluding carboxylic acids is 1. The first-order valence-corrected chi connectivity index (χ1v) is 8.70. The van der Waals surface area contributed by atoms with Gasteiger partial charge in [-0.3, -0.25) is 9.80 Å². The zero-order valence-corrected chi connectivity index (χ0v) is 13.5. The van der Waals surface area contributed by atoms with Gasteiger partial charge in [-0.25, -0.2) is 4.79 Å². The molecule has 0 saturated carbocycles. The van der Waals surface area contributed by atoms with E-state index in [1.54, 1.807) is 4.90 Å². The number of cyclic esters (lactones) is 1. The van der Waals surface area contributed by atoms with Crippen LogP contribution in [0.25, 0.3) is 0 Å². The first kappa shape index (κ1) is 15.0. The average molecular weight is 316 g/mol. The predicted molar refractivity (Wildman–Crippen MR) is 87.7 cm³/mol. The summed E-state index contributed by atoms with van der Waals surface area (Å²) in [6, 6.07) is 6.29. The van der Waals surface area contributed by atoms with Gasteiger partial charge in [-0.15, -0.1) is 0 Å². The summed E-state index contributed by atoms with van der Waals surface area (Å²) >= 11 is 0. The second-order valence-corrected chi connectivity index (χ2v) is 6.65. The van der Waals surface area contributed by atoms with Crippen molar-refractivity contribution in [2.75, 3.05) is 37.7 Å². The molecular weight excluding hydrogens is 292 g/mol. The highest BCUT2D eigenvalue weighted by Crippen LogP contribution is 2.31. The van der Waals surface area contributed by atoms with Crippen molar-refractivity contribution in [3.8, 4) is 0 Å². The molecule has 124 valence electrons. The van der Waals surface area contributed by atoms with Crippen LogP contribution in [-0.2, 0) is 22.4 Å². The second kappa shape index (κ2) is 6.49. The van der Waals surface area contributed by atoms with Crippen LogP contribution in [0, 0.1) is 0 Å². The third kappa shape index (κ3) is 3.08. The van der Waals surface area contributed by atoms with E-state index in [2.05, 4.69) is 17.0 Å². The van der Waals surface area contributed by atoms with Gasteiger partial charge in [0.2, 0.25) is 0 Å². The third-order valence-corrected chi connectivity index (χ3v) is 5.11. The molecule has 3 aliphatic heterocycles. The van der Waals surface area contributed by atoms with Gasteiger partial charge < -0.3 is 9.47 Å². The molecule has 1 unspecified atom stereocenters. The molecule has 1 amide bonds. The van der Waals surface area contributed by atoms with Crippen LogP contribution in [-0.4, -0.2) is 49.9 Å². The lowest BCUT2D eigenvalue weighted by Gasteiger charge is -2.34. The number of amides is 1. The molecule has 0 aliphatic carbocycles. The van der Waals surface area contributed by atoms with E-state index in [0.717, 1.165) is 38.3 Å². The van der Waals surface area contributed by atoms with E-state index in [0.29, 0.717) is 19.3 Å². The highest BCUT2D eigenvalue weighted by Gasteiger charge is 2.29.